The largest absolute Gasteiger partial charge is 0.505 e. The first kappa shape index (κ1) is 12.5. The van der Waals surface area contributed by atoms with Crippen molar-refractivity contribution in [1.29, 1.82) is 0 Å². The zero-order valence-electron chi connectivity index (χ0n) is 10.3. The number of nitrogens with zero attached hydrogens (tertiary/aromatic N) is 2. The molecule has 6 heteroatoms. The predicted molar refractivity (Wildman–Crippen MR) is 61.4 cm³/mol. The highest BCUT2D eigenvalue weighted by atomic mass is 19.1. The molecule has 2 rings (SSSR count). The molecule has 0 spiro atoms. The van der Waals surface area contributed by atoms with Crippen molar-refractivity contribution in [3.63, 3.8) is 0 Å². The number of phenolic OH excluding ortho intramolecular Hbond substituents is 1. The molecule has 1 aromatic carbocycles. The van der Waals surface area contributed by atoms with E-state index >= 15 is 0 Å². The summed E-state index contributed by atoms with van der Waals surface area (Å²) in [6, 6.07) is 4.19. The van der Waals surface area contributed by atoms with Crippen molar-refractivity contribution < 1.29 is 18.8 Å². The second-order valence-electron chi connectivity index (χ2n) is 4.28. The van der Waals surface area contributed by atoms with Gasteiger partial charge in [-0.1, -0.05) is 11.2 Å². The molecule has 0 radical (unpaired) electrons. The Balaban J connectivity index is 2.45. The molecule has 18 heavy (non-hydrogen) atoms. The van der Waals surface area contributed by atoms with Gasteiger partial charge in [-0.2, -0.15) is 4.98 Å². The third-order valence-corrected chi connectivity index (χ3v) is 2.68. The van der Waals surface area contributed by atoms with Crippen LogP contribution in [0.1, 0.15) is 19.7 Å². The number of methoxy groups -OCH3 is 1. The summed E-state index contributed by atoms with van der Waals surface area (Å²) in [7, 11) is 1.52. The summed E-state index contributed by atoms with van der Waals surface area (Å²) >= 11 is 0. The lowest BCUT2D eigenvalue weighted by Gasteiger charge is -2.17. The molecule has 0 saturated carbocycles. The fraction of sp³-hybridized carbons (Fsp3) is 0.333. The maximum Gasteiger partial charge on any atom is 0.261 e. The van der Waals surface area contributed by atoms with Crippen molar-refractivity contribution in [2.75, 3.05) is 7.11 Å². The highest BCUT2D eigenvalue weighted by molar-refractivity contribution is 5.56. The molecule has 0 fully saturated rings. The lowest BCUT2D eigenvalue weighted by molar-refractivity contribution is 0.00973. The van der Waals surface area contributed by atoms with Gasteiger partial charge in [0.05, 0.1) is 5.56 Å². The molecule has 5 nitrogen and oxygen atoms in total. The first-order chi connectivity index (χ1) is 8.45. The first-order valence-electron chi connectivity index (χ1n) is 5.33. The van der Waals surface area contributed by atoms with Gasteiger partial charge in [-0.05, 0) is 26.0 Å². The van der Waals surface area contributed by atoms with E-state index in [-0.39, 0.29) is 11.5 Å². The Bertz CT molecular complexity index is 566. The maximum absolute atomic E-state index is 13.7. The van der Waals surface area contributed by atoms with Crippen LogP contribution in [0.5, 0.6) is 5.75 Å². The van der Waals surface area contributed by atoms with Crippen LogP contribution in [0.4, 0.5) is 4.39 Å². The van der Waals surface area contributed by atoms with E-state index in [9.17, 15) is 9.50 Å². The average Bonchev–Trinajstić information content (AvgIpc) is 2.82. The second-order valence-corrected chi connectivity index (χ2v) is 4.28. The number of rotatable bonds is 3. The number of aromatic nitrogens is 2. The maximum atomic E-state index is 13.7. The Morgan fingerprint density at radius 2 is 2.11 bits per heavy atom. The molecule has 1 N–H and O–H groups in total. The van der Waals surface area contributed by atoms with Crippen LogP contribution in [0, 0.1) is 5.82 Å². The molecule has 2 aromatic rings. The van der Waals surface area contributed by atoms with Gasteiger partial charge < -0.3 is 14.4 Å². The summed E-state index contributed by atoms with van der Waals surface area (Å²) in [5.41, 5.74) is -0.671. The number of aromatic hydroxyl groups is 1. The molecule has 0 aliphatic carbocycles. The van der Waals surface area contributed by atoms with Gasteiger partial charge in [-0.25, -0.2) is 4.39 Å². The predicted octanol–water partition coefficient (Wildman–Crippen LogP) is 2.46. The summed E-state index contributed by atoms with van der Waals surface area (Å²) in [6.07, 6.45) is 0. The van der Waals surface area contributed by atoms with E-state index in [2.05, 4.69) is 10.1 Å². The smallest absolute Gasteiger partial charge is 0.261 e. The van der Waals surface area contributed by atoms with Crippen molar-refractivity contribution in [1.82, 2.24) is 10.1 Å². The second kappa shape index (κ2) is 4.38. The number of hydrogen-bond acceptors (Lipinski definition) is 5. The van der Waals surface area contributed by atoms with Crippen LogP contribution in [-0.2, 0) is 10.3 Å². The summed E-state index contributed by atoms with van der Waals surface area (Å²) in [4.78, 5) is 4.07. The molecular weight excluding hydrogens is 239 g/mol. The fourth-order valence-electron chi connectivity index (χ4n) is 1.35. The van der Waals surface area contributed by atoms with Gasteiger partial charge in [-0.3, -0.25) is 0 Å². The number of benzene rings is 1. The number of halogens is 1. The minimum absolute atomic E-state index is 0.00326. The summed E-state index contributed by atoms with van der Waals surface area (Å²) in [5, 5.41) is 13.0. The molecular formula is C12H13FN2O3. The van der Waals surface area contributed by atoms with Gasteiger partial charge in [0, 0.05) is 7.11 Å². The SMILES string of the molecule is COC(C)(C)c1noc(-c2cccc(O)c2F)n1. The van der Waals surface area contributed by atoms with E-state index in [0.717, 1.165) is 0 Å². The van der Waals surface area contributed by atoms with Gasteiger partial charge in [0.1, 0.15) is 5.60 Å². The Morgan fingerprint density at radius 1 is 1.39 bits per heavy atom. The standard InChI is InChI=1S/C12H13FN2O3/c1-12(2,17-3)11-14-10(18-15-11)7-5-4-6-8(16)9(7)13/h4-6,16H,1-3H3. The molecule has 0 atom stereocenters. The topological polar surface area (TPSA) is 68.4 Å². The zero-order chi connectivity index (χ0) is 13.3. The van der Waals surface area contributed by atoms with Crippen LogP contribution >= 0.6 is 0 Å². The summed E-state index contributed by atoms with van der Waals surface area (Å²) < 4.78 is 23.8. The van der Waals surface area contributed by atoms with E-state index in [1.165, 1.54) is 25.3 Å². The van der Waals surface area contributed by atoms with Crippen LogP contribution in [0.3, 0.4) is 0 Å². The fourth-order valence-corrected chi connectivity index (χ4v) is 1.35. The third-order valence-electron chi connectivity index (χ3n) is 2.68. The molecule has 0 aliphatic rings. The van der Waals surface area contributed by atoms with Crippen LogP contribution in [0.15, 0.2) is 22.7 Å². The lowest BCUT2D eigenvalue weighted by Crippen LogP contribution is -2.21. The molecule has 0 aliphatic heterocycles. The monoisotopic (exact) mass is 252 g/mol. The van der Waals surface area contributed by atoms with Gasteiger partial charge in [0.2, 0.25) is 5.82 Å². The first-order valence-corrected chi connectivity index (χ1v) is 5.33. The van der Waals surface area contributed by atoms with E-state index in [1.54, 1.807) is 13.8 Å². The van der Waals surface area contributed by atoms with Crippen LogP contribution in [0.25, 0.3) is 11.5 Å². The van der Waals surface area contributed by atoms with Gasteiger partial charge >= 0.3 is 0 Å². The molecule has 96 valence electrons. The molecule has 0 amide bonds. The van der Waals surface area contributed by atoms with E-state index in [4.69, 9.17) is 9.26 Å². The summed E-state index contributed by atoms with van der Waals surface area (Å²) in [5.74, 6) is -0.938. The molecule has 1 heterocycles. The summed E-state index contributed by atoms with van der Waals surface area (Å²) in [6.45, 7) is 3.53. The quantitative estimate of drug-likeness (QED) is 0.908. The van der Waals surface area contributed by atoms with Crippen molar-refractivity contribution in [3.8, 4) is 17.2 Å². The Hall–Kier alpha value is -1.95. The third kappa shape index (κ3) is 2.06. The molecule has 0 saturated heterocycles. The lowest BCUT2D eigenvalue weighted by atomic mass is 10.1. The van der Waals surface area contributed by atoms with Crippen LogP contribution in [0.2, 0.25) is 0 Å². The number of phenols is 1. The molecule has 0 unspecified atom stereocenters. The van der Waals surface area contributed by atoms with E-state index in [0.29, 0.717) is 5.82 Å². The van der Waals surface area contributed by atoms with Gasteiger partial charge in [0.15, 0.2) is 11.6 Å². The van der Waals surface area contributed by atoms with Crippen molar-refractivity contribution >= 4 is 0 Å². The highest BCUT2D eigenvalue weighted by Crippen LogP contribution is 2.29. The van der Waals surface area contributed by atoms with E-state index in [1.807, 2.05) is 0 Å². The minimum atomic E-state index is -0.789. The Labute approximate surface area is 103 Å². The zero-order valence-corrected chi connectivity index (χ0v) is 10.3. The Morgan fingerprint density at radius 3 is 2.78 bits per heavy atom. The van der Waals surface area contributed by atoms with Gasteiger partial charge in [0.25, 0.3) is 5.89 Å². The van der Waals surface area contributed by atoms with Crippen molar-refractivity contribution in [2.24, 2.45) is 0 Å². The van der Waals surface area contributed by atoms with E-state index < -0.39 is 17.2 Å². The highest BCUT2D eigenvalue weighted by Gasteiger charge is 2.27. The minimum Gasteiger partial charge on any atom is -0.505 e. The number of hydrogen-bond donors (Lipinski definition) is 1. The van der Waals surface area contributed by atoms with Crippen LogP contribution < -0.4 is 0 Å². The van der Waals surface area contributed by atoms with Gasteiger partial charge in [-0.15, -0.1) is 0 Å². The molecule has 1 aromatic heterocycles. The van der Waals surface area contributed by atoms with Crippen molar-refractivity contribution in [2.45, 2.75) is 19.4 Å². The normalized spacial score (nSPS) is 11.8. The van der Waals surface area contributed by atoms with Crippen molar-refractivity contribution in [3.05, 3.63) is 29.8 Å². The number of ether oxygens (including phenoxy) is 1. The van der Waals surface area contributed by atoms with Crippen LogP contribution in [-0.4, -0.2) is 22.4 Å². The Kier molecular flexibility index (Phi) is 3.04. The molecule has 0 bridgehead atoms. The average molecular weight is 252 g/mol.